The molecule has 0 N–H and O–H groups in total. The number of benzene rings is 1. The predicted molar refractivity (Wildman–Crippen MR) is 69.3 cm³/mol. The van der Waals surface area contributed by atoms with E-state index in [4.69, 9.17) is 23.2 Å². The second-order valence-corrected chi connectivity index (χ2v) is 5.02. The number of nitrogens with zero attached hydrogens (tertiary/aromatic N) is 1. The Kier molecular flexibility index (Phi) is 3.39. The normalized spacial score (nSPS) is 10.9. The van der Waals surface area contributed by atoms with Crippen molar-refractivity contribution in [3.63, 3.8) is 0 Å². The van der Waals surface area contributed by atoms with Crippen molar-refractivity contribution in [2.45, 2.75) is 6.92 Å². The zero-order valence-corrected chi connectivity index (χ0v) is 11.6. The van der Waals surface area contributed by atoms with Gasteiger partial charge in [-0.3, -0.25) is 4.79 Å². The Bertz CT molecular complexity index is 645. The second-order valence-electron chi connectivity index (χ2n) is 3.46. The Morgan fingerprint density at radius 3 is 2.71 bits per heavy atom. The number of halogens is 4. The summed E-state index contributed by atoms with van der Waals surface area (Å²) in [5, 5.41) is -0.165. The first-order valence-corrected chi connectivity index (χ1v) is 6.11. The summed E-state index contributed by atoms with van der Waals surface area (Å²) < 4.78 is 13.8. The first kappa shape index (κ1) is 12.7. The Hall–Kier alpha value is -0.710. The monoisotopic (exact) mass is 335 g/mol. The van der Waals surface area contributed by atoms with Gasteiger partial charge in [0, 0.05) is 15.4 Å². The molecule has 6 heteroatoms. The fourth-order valence-electron chi connectivity index (χ4n) is 1.61. The zero-order valence-electron chi connectivity index (χ0n) is 8.52. The predicted octanol–water partition coefficient (Wildman–Crippen LogP) is 4.48. The van der Waals surface area contributed by atoms with Crippen LogP contribution < -0.4 is 0 Å². The van der Waals surface area contributed by atoms with Crippen molar-refractivity contribution >= 4 is 55.3 Å². The lowest BCUT2D eigenvalue weighted by Gasteiger charge is -2.09. The summed E-state index contributed by atoms with van der Waals surface area (Å²) in [5.74, 6) is -0.480. The van der Waals surface area contributed by atoms with E-state index in [0.717, 1.165) is 0 Å². The van der Waals surface area contributed by atoms with E-state index in [1.807, 2.05) is 0 Å². The number of fused-ring (bicyclic) bond motifs is 1. The largest absolute Gasteiger partial charge is 0.276 e. The molecular weight excluding hydrogens is 332 g/mol. The minimum absolute atomic E-state index is 0.175. The van der Waals surface area contributed by atoms with Gasteiger partial charge in [-0.15, -0.1) is 0 Å². The zero-order chi connectivity index (χ0) is 12.7. The average molecular weight is 337 g/mol. The maximum absolute atomic E-state index is 13.3. The minimum Gasteiger partial charge on any atom is -0.276 e. The number of hydrogen-bond donors (Lipinski definition) is 0. The van der Waals surface area contributed by atoms with Crippen molar-refractivity contribution in [3.8, 4) is 0 Å². The summed E-state index contributed by atoms with van der Waals surface area (Å²) in [4.78, 5) is 15.5. The van der Waals surface area contributed by atoms with Crippen molar-refractivity contribution in [1.82, 2.24) is 4.98 Å². The van der Waals surface area contributed by atoms with E-state index in [0.29, 0.717) is 20.9 Å². The fourth-order valence-corrected chi connectivity index (χ4v) is 2.55. The Balaban J connectivity index is 3.03. The van der Waals surface area contributed by atoms with E-state index in [1.165, 1.54) is 12.1 Å². The van der Waals surface area contributed by atoms with Crippen LogP contribution in [0.25, 0.3) is 10.9 Å². The molecule has 1 aromatic heterocycles. The van der Waals surface area contributed by atoms with Crippen LogP contribution in [0.5, 0.6) is 0 Å². The minimum atomic E-state index is -0.686. The molecule has 0 radical (unpaired) electrons. The molecule has 0 amide bonds. The van der Waals surface area contributed by atoms with E-state index < -0.39 is 11.1 Å². The first-order chi connectivity index (χ1) is 7.91. The van der Waals surface area contributed by atoms with Crippen molar-refractivity contribution in [1.29, 1.82) is 0 Å². The van der Waals surface area contributed by atoms with Crippen molar-refractivity contribution < 1.29 is 9.18 Å². The van der Waals surface area contributed by atoms with E-state index >= 15 is 0 Å². The molecule has 0 saturated carbocycles. The van der Waals surface area contributed by atoms with Crippen LogP contribution in [0.2, 0.25) is 5.15 Å². The van der Waals surface area contributed by atoms with E-state index in [-0.39, 0.29) is 10.7 Å². The van der Waals surface area contributed by atoms with Gasteiger partial charge in [0.05, 0.1) is 5.52 Å². The lowest BCUT2D eigenvalue weighted by atomic mass is 10.1. The van der Waals surface area contributed by atoms with Crippen LogP contribution in [0.3, 0.4) is 0 Å². The third kappa shape index (κ3) is 2.17. The van der Waals surface area contributed by atoms with E-state index in [2.05, 4.69) is 20.9 Å². The van der Waals surface area contributed by atoms with Crippen LogP contribution in [0.15, 0.2) is 16.6 Å². The summed E-state index contributed by atoms with van der Waals surface area (Å²) in [6.07, 6.45) is 0. The van der Waals surface area contributed by atoms with Gasteiger partial charge in [-0.2, -0.15) is 0 Å². The fraction of sp³-hybridized carbons (Fsp3) is 0.0909. The Labute approximate surface area is 115 Å². The highest BCUT2D eigenvalue weighted by molar-refractivity contribution is 9.10. The molecule has 0 aliphatic rings. The maximum atomic E-state index is 13.3. The van der Waals surface area contributed by atoms with Crippen molar-refractivity contribution in [2.75, 3.05) is 0 Å². The molecule has 1 aromatic carbocycles. The highest BCUT2D eigenvalue weighted by atomic mass is 79.9. The van der Waals surface area contributed by atoms with E-state index in [1.54, 1.807) is 6.92 Å². The average Bonchev–Trinajstić information content (AvgIpc) is 2.20. The highest BCUT2D eigenvalue weighted by Gasteiger charge is 2.17. The molecule has 17 heavy (non-hydrogen) atoms. The van der Waals surface area contributed by atoms with Gasteiger partial charge in [-0.1, -0.05) is 11.6 Å². The lowest BCUT2D eigenvalue weighted by Crippen LogP contribution is -2.00. The topological polar surface area (TPSA) is 30.0 Å². The standard InChI is InChI=1S/C11H5BrCl2FNO/c1-4-8(11(14)17)6-2-5(15)3-7(12)9(6)16-10(4)13/h2-3H,1H3. The van der Waals surface area contributed by atoms with Crippen molar-refractivity contribution in [3.05, 3.63) is 38.7 Å². The molecule has 0 bridgehead atoms. The Morgan fingerprint density at radius 2 is 2.12 bits per heavy atom. The van der Waals surface area contributed by atoms with Crippen LogP contribution in [0.1, 0.15) is 15.9 Å². The molecule has 1 heterocycles. The molecule has 0 spiro atoms. The summed E-state index contributed by atoms with van der Waals surface area (Å²) in [7, 11) is 0. The van der Waals surface area contributed by atoms with Gasteiger partial charge in [-0.25, -0.2) is 9.37 Å². The van der Waals surface area contributed by atoms with E-state index in [9.17, 15) is 9.18 Å². The SMILES string of the molecule is Cc1c(Cl)nc2c(Br)cc(F)cc2c1C(=O)Cl. The molecule has 0 fully saturated rings. The molecule has 2 aromatic rings. The first-order valence-electron chi connectivity index (χ1n) is 4.56. The number of carbonyl (C=O) groups excluding carboxylic acids is 1. The number of carbonyl (C=O) groups is 1. The van der Waals surface area contributed by atoms with Gasteiger partial charge in [0.1, 0.15) is 11.0 Å². The lowest BCUT2D eigenvalue weighted by molar-refractivity contribution is 0.108. The second kappa shape index (κ2) is 4.52. The number of aromatic nitrogens is 1. The van der Waals surface area contributed by atoms with Gasteiger partial charge in [0.25, 0.3) is 5.24 Å². The molecule has 2 nitrogen and oxygen atoms in total. The molecule has 0 aliphatic heterocycles. The van der Waals surface area contributed by atoms with Gasteiger partial charge in [0.2, 0.25) is 0 Å². The molecular formula is C11H5BrCl2FNO. The van der Waals surface area contributed by atoms with Crippen LogP contribution in [-0.2, 0) is 0 Å². The molecule has 88 valence electrons. The number of rotatable bonds is 1. The number of hydrogen-bond acceptors (Lipinski definition) is 2. The smallest absolute Gasteiger partial charge is 0.253 e. The summed E-state index contributed by atoms with van der Waals surface area (Å²) in [6.45, 7) is 1.61. The van der Waals surface area contributed by atoms with Crippen LogP contribution in [0.4, 0.5) is 4.39 Å². The van der Waals surface area contributed by atoms with Gasteiger partial charge in [-0.05, 0) is 52.2 Å². The third-order valence-electron chi connectivity index (χ3n) is 2.39. The summed E-state index contributed by atoms with van der Waals surface area (Å²) in [6, 6.07) is 2.47. The van der Waals surface area contributed by atoms with Crippen molar-refractivity contribution in [2.24, 2.45) is 0 Å². The van der Waals surface area contributed by atoms with Crippen LogP contribution in [-0.4, -0.2) is 10.2 Å². The van der Waals surface area contributed by atoms with Gasteiger partial charge >= 0.3 is 0 Å². The Morgan fingerprint density at radius 1 is 1.47 bits per heavy atom. The molecule has 0 aliphatic carbocycles. The quantitative estimate of drug-likeness (QED) is 0.567. The molecule has 0 unspecified atom stereocenters. The molecule has 2 rings (SSSR count). The van der Waals surface area contributed by atoms with Gasteiger partial charge in [0.15, 0.2) is 0 Å². The van der Waals surface area contributed by atoms with Crippen LogP contribution in [0, 0.1) is 12.7 Å². The van der Waals surface area contributed by atoms with Gasteiger partial charge < -0.3 is 0 Å². The third-order valence-corrected chi connectivity index (χ3v) is 3.55. The highest BCUT2D eigenvalue weighted by Crippen LogP contribution is 2.32. The molecule has 0 atom stereocenters. The number of pyridine rings is 1. The van der Waals surface area contributed by atoms with Crippen LogP contribution >= 0.6 is 39.1 Å². The molecule has 0 saturated heterocycles. The summed E-state index contributed by atoms with van der Waals surface area (Å²) >= 11 is 14.6. The summed E-state index contributed by atoms with van der Waals surface area (Å²) in [5.41, 5.74) is 1.03. The maximum Gasteiger partial charge on any atom is 0.253 e.